The lowest BCUT2D eigenvalue weighted by molar-refractivity contribution is -0.192. The lowest BCUT2D eigenvalue weighted by Crippen LogP contribution is -2.58. The molecule has 1 heterocycles. The number of carbonyl (C=O) groups excluding carboxylic acids is 4. The van der Waals surface area contributed by atoms with Crippen molar-refractivity contribution in [3.63, 3.8) is 0 Å². The van der Waals surface area contributed by atoms with Crippen LogP contribution in [0.1, 0.15) is 78.4 Å². The lowest BCUT2D eigenvalue weighted by atomic mass is 9.90. The number of rotatable bonds is 21. The van der Waals surface area contributed by atoms with Crippen LogP contribution in [0.2, 0.25) is 0 Å². The molecule has 0 radical (unpaired) electrons. The molecule has 0 aromatic heterocycles. The lowest BCUT2D eigenvalue weighted by Gasteiger charge is -2.36. The van der Waals surface area contributed by atoms with Gasteiger partial charge in [0.1, 0.15) is 12.1 Å². The molecule has 0 unspecified atom stereocenters. The molecule has 1 aromatic carbocycles. The van der Waals surface area contributed by atoms with E-state index in [2.05, 4.69) is 20.9 Å². The first kappa shape index (κ1) is 53.0. The van der Waals surface area contributed by atoms with Gasteiger partial charge in [0.05, 0.1) is 43.2 Å². The van der Waals surface area contributed by atoms with Crippen molar-refractivity contribution >= 4 is 41.5 Å². The third kappa shape index (κ3) is 15.8. The maximum atomic E-state index is 13.9. The van der Waals surface area contributed by atoms with Gasteiger partial charge in [0.25, 0.3) is 0 Å². The van der Waals surface area contributed by atoms with Crippen LogP contribution >= 0.6 is 0 Å². The highest BCUT2D eigenvalue weighted by Gasteiger charge is 2.42. The number of ether oxygens (including phenoxy) is 1. The van der Waals surface area contributed by atoms with E-state index in [-0.39, 0.29) is 24.2 Å². The average molecular weight is 864 g/mol. The number of hydrogen-bond acceptors (Lipinski definition) is 11. The number of alkyl halides is 3. The summed E-state index contributed by atoms with van der Waals surface area (Å²) in [7, 11) is 1.42. The first-order chi connectivity index (χ1) is 28.0. The van der Waals surface area contributed by atoms with E-state index in [4.69, 9.17) is 26.1 Å². The number of guanidine groups is 1. The Hall–Kier alpha value is -5.06. The van der Waals surface area contributed by atoms with Gasteiger partial charge < -0.3 is 62.6 Å². The second-order valence-electron chi connectivity index (χ2n) is 14.6. The van der Waals surface area contributed by atoms with Gasteiger partial charge in [-0.25, -0.2) is 14.6 Å². The van der Waals surface area contributed by atoms with Crippen LogP contribution in [0.15, 0.2) is 35.3 Å². The molecule has 1 saturated heterocycles. The number of aliphatic imine (C=N–C) groups is 1. The number of halogens is 3. The van der Waals surface area contributed by atoms with Crippen LogP contribution in [-0.4, -0.2) is 141 Å². The minimum absolute atomic E-state index is 0.183. The van der Waals surface area contributed by atoms with Crippen molar-refractivity contribution < 1.29 is 72.2 Å². The predicted molar refractivity (Wildman–Crippen MR) is 209 cm³/mol. The molecule has 12 N–H and O–H groups in total. The molecule has 2 rings (SSSR count). The van der Waals surface area contributed by atoms with Crippen molar-refractivity contribution in [2.45, 2.75) is 121 Å². The number of aliphatic hydroxyl groups excluding tert-OH is 3. The highest BCUT2D eigenvalue weighted by Crippen LogP contribution is 2.28. The van der Waals surface area contributed by atoms with Gasteiger partial charge in [-0.1, -0.05) is 77.8 Å². The Bertz CT molecular complexity index is 1600. The molecule has 0 spiro atoms. The van der Waals surface area contributed by atoms with Crippen molar-refractivity contribution in [3.8, 4) is 0 Å². The predicted octanol–water partition coefficient (Wildman–Crippen LogP) is 0.0119. The van der Waals surface area contributed by atoms with Gasteiger partial charge in [0.2, 0.25) is 23.6 Å². The average Bonchev–Trinajstić information content (AvgIpc) is 3.71. The number of nitrogens with zero attached hydrogens (tertiary/aromatic N) is 2. The van der Waals surface area contributed by atoms with Crippen LogP contribution < -0.4 is 27.4 Å². The van der Waals surface area contributed by atoms with E-state index < -0.39 is 103 Å². The van der Waals surface area contributed by atoms with Crippen LogP contribution in [-0.2, 0) is 33.5 Å². The van der Waals surface area contributed by atoms with Gasteiger partial charge in [-0.3, -0.25) is 19.2 Å². The number of aliphatic hydroxyl groups is 3. The molecule has 0 bridgehead atoms. The van der Waals surface area contributed by atoms with Gasteiger partial charge in [-0.2, -0.15) is 13.2 Å². The van der Waals surface area contributed by atoms with E-state index in [0.29, 0.717) is 37.8 Å². The Morgan fingerprint density at radius 1 is 0.900 bits per heavy atom. The summed E-state index contributed by atoms with van der Waals surface area (Å²) < 4.78 is 37.5. The van der Waals surface area contributed by atoms with Gasteiger partial charge in [-0.05, 0) is 30.2 Å². The van der Waals surface area contributed by atoms with Crippen LogP contribution in [0.25, 0.3) is 0 Å². The molecule has 4 amide bonds. The number of carbonyl (C=O) groups is 6. The molecular weight excluding hydrogens is 803 g/mol. The molecule has 0 aliphatic carbocycles. The van der Waals surface area contributed by atoms with E-state index in [1.165, 1.54) is 31.1 Å². The topological polar surface area (TPSA) is 317 Å². The first-order valence-corrected chi connectivity index (χ1v) is 19.3. The van der Waals surface area contributed by atoms with Gasteiger partial charge in [0, 0.05) is 13.7 Å². The number of carboxylic acid groups (broad SMARTS) is 2. The third-order valence-electron chi connectivity index (χ3n) is 10.4. The molecule has 1 fully saturated rings. The SMILES string of the molecule is CC[C@H](C)[C@H](NC(=O)[C@@H](NC(=O)[C@@H](CO)N=C(N)N)[C@@H](C)CC)[C@@H](CC(=O)N1CCC[C@H]1[C@H](O)[C@@H](C)C(=O)N[C@H](C(=O)O)[C@H](O)c1ccccc1)OC.O=C(O)C(F)(F)F. The third-order valence-corrected chi connectivity index (χ3v) is 10.4. The maximum Gasteiger partial charge on any atom is 0.490 e. The van der Waals surface area contributed by atoms with Crippen LogP contribution in [0.4, 0.5) is 13.2 Å². The summed E-state index contributed by atoms with van der Waals surface area (Å²) in [6.45, 7) is 8.47. The van der Waals surface area contributed by atoms with Crippen LogP contribution in [0.5, 0.6) is 0 Å². The number of methoxy groups -OCH3 is 1. The van der Waals surface area contributed by atoms with Crippen molar-refractivity contribution in [1.29, 1.82) is 0 Å². The highest BCUT2D eigenvalue weighted by atomic mass is 19.4. The monoisotopic (exact) mass is 863 g/mol. The number of hydrogen-bond donors (Lipinski definition) is 10. The van der Waals surface area contributed by atoms with Crippen molar-refractivity contribution in [2.24, 2.45) is 34.2 Å². The maximum absolute atomic E-state index is 13.9. The Morgan fingerprint density at radius 3 is 1.92 bits per heavy atom. The molecule has 1 aliphatic heterocycles. The molecule has 1 aromatic rings. The quantitative estimate of drug-likeness (QED) is 0.0576. The number of amides is 4. The number of likely N-dealkylation sites (tertiary alicyclic amines) is 1. The zero-order valence-corrected chi connectivity index (χ0v) is 34.5. The minimum Gasteiger partial charge on any atom is -0.480 e. The number of aliphatic carboxylic acids is 2. The van der Waals surface area contributed by atoms with E-state index in [9.17, 15) is 57.6 Å². The number of benzene rings is 1. The van der Waals surface area contributed by atoms with E-state index >= 15 is 0 Å². The molecular formula is C38H60F3N7O12. The standard InChI is InChI=1S/C36H59N7O10.C2HF3O2/c1-7-19(3)27(40-34(50)28(20(4)8-2)41-33(49)23(18-44)39-36(37)38)25(53-6)17-26(45)43-16-12-15-24(43)30(46)21(5)32(48)42-29(35(51)52)31(47)22-13-10-9-11-14-22;3-2(4,5)1(6)7/h9-11,13-14,19-21,23-25,27-31,44,46-47H,7-8,12,15-18H2,1-6H3,(H,40,50)(H,41,49)(H,42,48)(H,51,52)(H4,37,38,39);(H,6,7)/t19-,20-,21+,23+,24-,25+,27-,28-,29-,30+,31+;/m0./s1. The number of nitrogens with one attached hydrogen (secondary N) is 3. The van der Waals surface area contributed by atoms with Gasteiger partial charge in [-0.15, -0.1) is 0 Å². The fraction of sp³-hybridized carbons (Fsp3) is 0.658. The van der Waals surface area contributed by atoms with Gasteiger partial charge >= 0.3 is 18.1 Å². The fourth-order valence-electron chi connectivity index (χ4n) is 6.42. The number of carboxylic acids is 2. The summed E-state index contributed by atoms with van der Waals surface area (Å²) in [6, 6.07) is 2.53. The molecule has 340 valence electrons. The largest absolute Gasteiger partial charge is 0.490 e. The van der Waals surface area contributed by atoms with Crippen molar-refractivity contribution in [2.75, 3.05) is 20.3 Å². The van der Waals surface area contributed by atoms with E-state index in [0.717, 1.165) is 0 Å². The molecule has 22 heteroatoms. The smallest absolute Gasteiger partial charge is 0.480 e. The minimum atomic E-state index is -5.08. The summed E-state index contributed by atoms with van der Waals surface area (Å²) in [6.07, 6.45) is -6.95. The summed E-state index contributed by atoms with van der Waals surface area (Å²) in [5.41, 5.74) is 11.1. The molecule has 11 atom stereocenters. The summed E-state index contributed by atoms with van der Waals surface area (Å²) >= 11 is 0. The summed E-state index contributed by atoms with van der Waals surface area (Å²) in [4.78, 5) is 79.9. The Balaban J connectivity index is 0.00000235. The Morgan fingerprint density at radius 2 is 1.45 bits per heavy atom. The van der Waals surface area contributed by atoms with Gasteiger partial charge in [0.15, 0.2) is 18.0 Å². The van der Waals surface area contributed by atoms with Crippen molar-refractivity contribution in [3.05, 3.63) is 35.9 Å². The normalized spacial score (nSPS) is 18.9. The Kier molecular flexibility index (Phi) is 22.0. The van der Waals surface area contributed by atoms with Crippen LogP contribution in [0.3, 0.4) is 0 Å². The molecule has 0 saturated carbocycles. The zero-order valence-electron chi connectivity index (χ0n) is 34.5. The second-order valence-corrected chi connectivity index (χ2v) is 14.6. The van der Waals surface area contributed by atoms with E-state index in [1.54, 1.807) is 25.1 Å². The van der Waals surface area contributed by atoms with E-state index in [1.807, 2.05) is 20.8 Å². The van der Waals surface area contributed by atoms with Crippen LogP contribution in [0, 0.1) is 17.8 Å². The molecule has 1 aliphatic rings. The van der Waals surface area contributed by atoms with Crippen molar-refractivity contribution in [1.82, 2.24) is 20.9 Å². The summed E-state index contributed by atoms with van der Waals surface area (Å²) in [5, 5.41) is 56.5. The second kappa shape index (κ2) is 24.9. The Labute approximate surface area is 346 Å². The fourth-order valence-corrected chi connectivity index (χ4v) is 6.42. The molecule has 60 heavy (non-hydrogen) atoms. The highest BCUT2D eigenvalue weighted by molar-refractivity contribution is 5.92. The first-order valence-electron chi connectivity index (χ1n) is 19.3. The number of nitrogens with two attached hydrogens (primary N) is 2. The molecule has 19 nitrogen and oxygen atoms in total. The zero-order chi connectivity index (χ0) is 46.1. The summed E-state index contributed by atoms with van der Waals surface area (Å²) in [5.74, 6) is -8.74.